The first-order chi connectivity index (χ1) is 44.3. The van der Waals surface area contributed by atoms with Crippen molar-refractivity contribution in [2.24, 2.45) is 0 Å². The van der Waals surface area contributed by atoms with Crippen molar-refractivity contribution >= 4 is 35.9 Å². The lowest BCUT2D eigenvalue weighted by Crippen LogP contribution is -2.47. The highest BCUT2D eigenvalue weighted by Gasteiger charge is 2.42. The fourth-order valence-electron chi connectivity index (χ4n) is 8.21. The van der Waals surface area contributed by atoms with Gasteiger partial charge in [0.2, 0.25) is 6.41 Å². The van der Waals surface area contributed by atoms with E-state index in [0.29, 0.717) is 46.2 Å². The lowest BCUT2D eigenvalue weighted by Gasteiger charge is -2.27. The van der Waals surface area contributed by atoms with Crippen LogP contribution in [0.3, 0.4) is 0 Å². The molecule has 0 spiro atoms. The Balaban J connectivity index is 0.000000645. The molecule has 0 bridgehead atoms. The van der Waals surface area contributed by atoms with Gasteiger partial charge in [0.15, 0.2) is 46.9 Å². The molecule has 20 nitrogen and oxygen atoms in total. The van der Waals surface area contributed by atoms with Crippen LogP contribution in [0.1, 0.15) is 125 Å². The Kier molecular flexibility index (Phi) is 38.8. The Labute approximate surface area is 554 Å². The van der Waals surface area contributed by atoms with E-state index < -0.39 is 76.9 Å². The third kappa shape index (κ3) is 29.3. The molecule has 3 saturated heterocycles. The zero-order valence-electron chi connectivity index (χ0n) is 57.3. The quantitative estimate of drug-likeness (QED) is 0.0364. The number of amides is 1. The molecule has 0 radical (unpaired) electrons. The van der Waals surface area contributed by atoms with Crippen molar-refractivity contribution < 1.29 is 83.1 Å². The standard InChI is InChI=1S/C20H23NO7S.C19H23NO6S.C19H20O5S.6C2H6/c1-20(2)26-12-19(28-20)18(21(23)14-22)13-29(24,25)17-10-8-16(9-11-17)27-15-6-4-3-5-7-15;1-19(2)24-12-18(26-19)17(20-21)13-27(22,23)16-10-8-15(9-11-16)25-14-6-4-3-5-7-14;1-19(2)22-14-17(24-19)12-13-25(20,21)18-10-8-16(9-11-18)23-15-6-4-3-5-7-15;6*1-2/h3-11,14,18-19,23H,12-13H2,1-2H3;3-11,17-18,20-21H,12-13H2,1-2H3;3-13,17H,14H2,1-2H3;6*1-2H3/b;;13-12+;;;;;;/t18-,19-;17-,18-;17-;;;;;;/m110....../s1. The van der Waals surface area contributed by atoms with Crippen molar-refractivity contribution in [3.63, 3.8) is 0 Å². The van der Waals surface area contributed by atoms with Gasteiger partial charge in [-0.05, 0) is 157 Å². The predicted octanol–water partition coefficient (Wildman–Crippen LogP) is 15.4. The Hall–Kier alpha value is -6.58. The number of carbonyl (C=O) groups is 1. The molecule has 23 heteroatoms. The molecular formula is C70H102N2O18S3. The van der Waals surface area contributed by atoms with Crippen molar-refractivity contribution in [1.82, 2.24) is 10.5 Å². The van der Waals surface area contributed by atoms with E-state index in [2.05, 4.69) is 0 Å². The lowest BCUT2D eigenvalue weighted by atomic mass is 10.2. The molecule has 1 amide bonds. The van der Waals surface area contributed by atoms with E-state index in [0.717, 1.165) is 5.41 Å². The number of hydrogen-bond acceptors (Lipinski definition) is 19. The van der Waals surface area contributed by atoms with Gasteiger partial charge in [0.1, 0.15) is 58.9 Å². The van der Waals surface area contributed by atoms with Crippen LogP contribution < -0.4 is 19.7 Å². The summed E-state index contributed by atoms with van der Waals surface area (Å²) in [6, 6.07) is 44.1. The van der Waals surface area contributed by atoms with Crippen molar-refractivity contribution in [2.75, 3.05) is 31.3 Å². The van der Waals surface area contributed by atoms with Crippen LogP contribution >= 0.6 is 0 Å². The number of sulfone groups is 3. The van der Waals surface area contributed by atoms with Gasteiger partial charge in [-0.25, -0.2) is 30.3 Å². The van der Waals surface area contributed by atoms with Gasteiger partial charge >= 0.3 is 0 Å². The fourth-order valence-corrected chi connectivity index (χ4v) is 12.3. The zero-order valence-corrected chi connectivity index (χ0v) is 59.8. The summed E-state index contributed by atoms with van der Waals surface area (Å²) in [5.41, 5.74) is 2.04. The van der Waals surface area contributed by atoms with Crippen molar-refractivity contribution in [1.29, 1.82) is 0 Å². The smallest absolute Gasteiger partial charge is 0.233 e. The van der Waals surface area contributed by atoms with Crippen molar-refractivity contribution in [3.05, 3.63) is 175 Å². The van der Waals surface area contributed by atoms with Gasteiger partial charge in [-0.3, -0.25) is 10.0 Å². The first-order valence-corrected chi connectivity index (χ1v) is 36.3. The van der Waals surface area contributed by atoms with Gasteiger partial charge in [-0.2, -0.15) is 5.48 Å². The Bertz CT molecular complexity index is 3340. The molecule has 6 aromatic carbocycles. The van der Waals surface area contributed by atoms with Crippen LogP contribution in [0.4, 0.5) is 0 Å². The van der Waals surface area contributed by atoms with Crippen LogP contribution in [0.15, 0.2) is 190 Å². The summed E-state index contributed by atoms with van der Waals surface area (Å²) in [7, 11) is -11.0. The molecular weight excluding hydrogens is 1250 g/mol. The molecule has 9 rings (SSSR count). The number of hydrogen-bond donors (Lipinski definition) is 3. The summed E-state index contributed by atoms with van der Waals surface area (Å²) in [6.07, 6.45) is -0.0500. The van der Waals surface area contributed by atoms with Crippen LogP contribution in [0.25, 0.3) is 0 Å². The van der Waals surface area contributed by atoms with Gasteiger partial charge in [0.05, 0.1) is 52.1 Å². The van der Waals surface area contributed by atoms with E-state index in [1.807, 2.05) is 167 Å². The highest BCUT2D eigenvalue weighted by Crippen LogP contribution is 2.31. The molecule has 3 N–H and O–H groups in total. The second-order valence-electron chi connectivity index (χ2n) is 20.0. The van der Waals surface area contributed by atoms with Gasteiger partial charge in [-0.15, -0.1) is 0 Å². The second-order valence-corrected chi connectivity index (χ2v) is 25.9. The first-order valence-electron chi connectivity index (χ1n) is 31.5. The molecule has 518 valence electrons. The molecule has 0 aliphatic carbocycles. The molecule has 0 aromatic heterocycles. The second kappa shape index (κ2) is 42.7. The number of ether oxygens (including phenoxy) is 9. The number of para-hydroxylation sites is 3. The minimum atomic E-state index is -3.83. The van der Waals surface area contributed by atoms with E-state index in [1.54, 1.807) is 90.1 Å². The SMILES string of the molecule is CC.CC.CC.CC.CC.CC.CC1(C)OC[C@H](/C=C/S(=O)(=O)c2ccc(Oc3ccccc3)cc2)O1.CC1(C)OC[C@H]([C@@H](CS(=O)(=O)c2ccc(Oc3ccccc3)cc2)N(O)C=O)O1.CC1(C)OC[C@H]([C@@H](CS(=O)(=O)c2ccc(Oc3ccccc3)cc2)NO)O1. The predicted molar refractivity (Wildman–Crippen MR) is 364 cm³/mol. The average molecular weight is 1360 g/mol. The van der Waals surface area contributed by atoms with Crippen LogP contribution in [-0.4, -0.2) is 126 Å². The number of nitrogens with one attached hydrogen (secondary N) is 1. The van der Waals surface area contributed by atoms with Crippen LogP contribution in [0, 0.1) is 0 Å². The zero-order chi connectivity index (χ0) is 70.5. The summed E-state index contributed by atoms with van der Waals surface area (Å²) in [5, 5.41) is 20.8. The van der Waals surface area contributed by atoms with E-state index in [1.165, 1.54) is 42.5 Å². The highest BCUT2D eigenvalue weighted by molar-refractivity contribution is 7.94. The average Bonchev–Trinajstić information content (AvgIpc) is 1.82. The highest BCUT2D eigenvalue weighted by atomic mass is 32.2. The summed E-state index contributed by atoms with van der Waals surface area (Å²) in [6.45, 7) is 35.0. The molecule has 0 unspecified atom stereocenters. The number of benzene rings is 6. The van der Waals surface area contributed by atoms with E-state index in [4.69, 9.17) is 42.6 Å². The number of carbonyl (C=O) groups excluding carboxylic acids is 1. The number of rotatable bonds is 20. The Morgan fingerprint density at radius 2 is 0.774 bits per heavy atom. The largest absolute Gasteiger partial charge is 0.457 e. The van der Waals surface area contributed by atoms with E-state index in [-0.39, 0.29) is 46.2 Å². The summed E-state index contributed by atoms with van der Waals surface area (Å²) in [4.78, 5) is 11.5. The lowest BCUT2D eigenvalue weighted by molar-refractivity contribution is -0.182. The third-order valence-corrected chi connectivity index (χ3v) is 17.3. The Morgan fingerprint density at radius 1 is 0.462 bits per heavy atom. The molecule has 6 aromatic rings. The topological polar surface area (TPSA) is 258 Å². The maximum Gasteiger partial charge on any atom is 0.233 e. The molecule has 5 atom stereocenters. The molecule has 93 heavy (non-hydrogen) atoms. The summed E-state index contributed by atoms with van der Waals surface area (Å²) < 4.78 is 126. The Morgan fingerprint density at radius 3 is 1.09 bits per heavy atom. The molecule has 0 saturated carbocycles. The number of hydroxylamine groups is 3. The first kappa shape index (κ1) is 84.4. The molecule has 3 fully saturated rings. The monoisotopic (exact) mass is 1350 g/mol. The van der Waals surface area contributed by atoms with Crippen molar-refractivity contribution in [3.8, 4) is 34.5 Å². The van der Waals surface area contributed by atoms with Gasteiger partial charge < -0.3 is 47.8 Å². The van der Waals surface area contributed by atoms with Gasteiger partial charge in [0, 0.05) is 5.41 Å². The van der Waals surface area contributed by atoms with Gasteiger partial charge in [0.25, 0.3) is 0 Å². The summed E-state index contributed by atoms with van der Waals surface area (Å²) >= 11 is 0. The minimum absolute atomic E-state index is 0.0420. The molecule has 3 aliphatic heterocycles. The maximum atomic E-state index is 12.9. The third-order valence-electron chi connectivity index (χ3n) is 12.3. The molecule has 3 heterocycles. The number of nitrogens with zero attached hydrogens (tertiary/aromatic N) is 1. The van der Waals surface area contributed by atoms with Crippen LogP contribution in [-0.2, 0) is 62.7 Å². The van der Waals surface area contributed by atoms with E-state index in [9.17, 15) is 40.5 Å². The minimum Gasteiger partial charge on any atom is -0.457 e. The summed E-state index contributed by atoms with van der Waals surface area (Å²) in [5.74, 6) is 0.315. The fraction of sp³-hybridized carbons (Fsp3) is 0.443. The maximum absolute atomic E-state index is 12.9. The van der Waals surface area contributed by atoms with Gasteiger partial charge in [-0.1, -0.05) is 138 Å². The normalized spacial score (nSPS) is 17.7. The van der Waals surface area contributed by atoms with E-state index >= 15 is 0 Å². The van der Waals surface area contributed by atoms with Crippen molar-refractivity contribution in [2.45, 2.75) is 187 Å². The molecule has 3 aliphatic rings. The van der Waals surface area contributed by atoms with Crippen LogP contribution in [0.5, 0.6) is 34.5 Å². The van der Waals surface area contributed by atoms with Crippen LogP contribution in [0.2, 0.25) is 0 Å².